The molecule has 2 atom stereocenters. The fraction of sp³-hybridized carbons (Fsp3) is 1.00. The van der Waals surface area contributed by atoms with Crippen LogP contribution in [0.25, 0.3) is 0 Å². The van der Waals surface area contributed by atoms with Crippen LogP contribution in [0.1, 0.15) is 26.7 Å². The molecule has 1 saturated heterocycles. The highest BCUT2D eigenvalue weighted by molar-refractivity contribution is 7.80. The lowest BCUT2D eigenvalue weighted by Crippen LogP contribution is -2.36. The maximum atomic E-state index is 9.08. The summed E-state index contributed by atoms with van der Waals surface area (Å²) in [5.41, 5.74) is 0. The van der Waals surface area contributed by atoms with Gasteiger partial charge in [0.25, 0.3) is 0 Å². The summed E-state index contributed by atoms with van der Waals surface area (Å²) in [7, 11) is 0. The average Bonchev–Trinajstić information content (AvgIpc) is 2.04. The van der Waals surface area contributed by atoms with E-state index in [1.54, 1.807) is 0 Å². The molecule has 2 N–H and O–H groups in total. The van der Waals surface area contributed by atoms with E-state index in [4.69, 9.17) is 14.9 Å². The molecule has 4 heteroatoms. The summed E-state index contributed by atoms with van der Waals surface area (Å²) >= 11 is 3.97. The molecule has 3 nitrogen and oxygen atoms in total. The van der Waals surface area contributed by atoms with Gasteiger partial charge in [-0.3, -0.25) is 0 Å². The van der Waals surface area contributed by atoms with Gasteiger partial charge in [0.1, 0.15) is 6.10 Å². The van der Waals surface area contributed by atoms with Crippen molar-refractivity contribution in [3.63, 3.8) is 0 Å². The minimum absolute atomic E-state index is 0.0683. The van der Waals surface area contributed by atoms with Crippen LogP contribution in [0.2, 0.25) is 0 Å². The van der Waals surface area contributed by atoms with E-state index in [0.29, 0.717) is 11.9 Å². The van der Waals surface area contributed by atoms with E-state index in [1.807, 2.05) is 13.8 Å². The Morgan fingerprint density at radius 2 is 2.08 bits per heavy atom. The first-order valence-corrected chi connectivity index (χ1v) is 5.18. The number of ether oxygens (including phenoxy) is 1. The summed E-state index contributed by atoms with van der Waals surface area (Å²) in [6, 6.07) is 0. The molecule has 0 spiro atoms. The molecule has 0 aromatic heterocycles. The van der Waals surface area contributed by atoms with Gasteiger partial charge < -0.3 is 14.9 Å². The zero-order chi connectivity index (χ0) is 10.3. The van der Waals surface area contributed by atoms with Crippen molar-refractivity contribution in [3.05, 3.63) is 0 Å². The van der Waals surface area contributed by atoms with E-state index < -0.39 is 6.10 Å². The van der Waals surface area contributed by atoms with E-state index >= 15 is 0 Å². The van der Waals surface area contributed by atoms with Gasteiger partial charge in [-0.25, -0.2) is 0 Å². The second kappa shape index (κ2) is 7.62. The van der Waals surface area contributed by atoms with E-state index in [-0.39, 0.29) is 12.7 Å². The lowest BCUT2D eigenvalue weighted by atomic mass is 10.1. The fourth-order valence-electron chi connectivity index (χ4n) is 0.999. The van der Waals surface area contributed by atoms with E-state index in [0.717, 1.165) is 12.8 Å². The summed E-state index contributed by atoms with van der Waals surface area (Å²) in [5, 5.41) is 18.2. The van der Waals surface area contributed by atoms with Crippen molar-refractivity contribution in [2.45, 2.75) is 44.1 Å². The molecular weight excluding hydrogens is 188 g/mol. The summed E-state index contributed by atoms with van der Waals surface area (Å²) in [5.74, 6) is 0. The highest BCUT2D eigenvalue weighted by atomic mass is 32.1. The van der Waals surface area contributed by atoms with Crippen LogP contribution in [0.3, 0.4) is 0 Å². The second-order valence-electron chi connectivity index (χ2n) is 3.40. The smallest absolute Gasteiger partial charge is 0.106 e. The molecule has 1 heterocycles. The molecule has 0 amide bonds. The molecular formula is C9H20O3S. The summed E-state index contributed by atoms with van der Waals surface area (Å²) < 4.78 is 5.04. The standard InChI is InChI=1S/C6H12O3.C3H8S/c7-4-6-5(8)2-1-3-9-6;1-3(2)4/h5-8H,1-4H2;3-4H,1-2H3. The molecule has 0 aliphatic carbocycles. The number of hydrogen-bond acceptors (Lipinski definition) is 4. The van der Waals surface area contributed by atoms with Crippen LogP contribution in [0.15, 0.2) is 0 Å². The van der Waals surface area contributed by atoms with E-state index in [9.17, 15) is 0 Å². The second-order valence-corrected chi connectivity index (χ2v) is 4.43. The summed E-state index contributed by atoms with van der Waals surface area (Å²) in [6.07, 6.45) is 0.866. The molecule has 0 aromatic rings. The minimum Gasteiger partial charge on any atom is -0.394 e. The topological polar surface area (TPSA) is 49.7 Å². The zero-order valence-corrected chi connectivity index (χ0v) is 9.20. The highest BCUT2D eigenvalue weighted by Gasteiger charge is 2.22. The summed E-state index contributed by atoms with van der Waals surface area (Å²) in [4.78, 5) is 0. The molecule has 1 aliphatic rings. The van der Waals surface area contributed by atoms with Crippen LogP contribution in [-0.4, -0.2) is 40.9 Å². The lowest BCUT2D eigenvalue weighted by Gasteiger charge is -2.25. The van der Waals surface area contributed by atoms with Gasteiger partial charge in [-0.2, -0.15) is 12.6 Å². The Morgan fingerprint density at radius 1 is 1.54 bits per heavy atom. The third-order valence-corrected chi connectivity index (χ3v) is 1.59. The maximum Gasteiger partial charge on any atom is 0.106 e. The lowest BCUT2D eigenvalue weighted by molar-refractivity contribution is -0.0942. The first-order chi connectivity index (χ1) is 6.07. The first kappa shape index (κ1) is 13.2. The Bertz CT molecular complexity index is 117. The zero-order valence-electron chi connectivity index (χ0n) is 8.31. The number of aliphatic hydroxyl groups is 2. The predicted molar refractivity (Wildman–Crippen MR) is 56.2 cm³/mol. The van der Waals surface area contributed by atoms with Gasteiger partial charge in [-0.05, 0) is 18.1 Å². The Balaban J connectivity index is 0.000000310. The van der Waals surface area contributed by atoms with E-state index in [2.05, 4.69) is 12.6 Å². The largest absolute Gasteiger partial charge is 0.394 e. The molecule has 1 fully saturated rings. The number of rotatable bonds is 1. The average molecular weight is 208 g/mol. The van der Waals surface area contributed by atoms with Gasteiger partial charge in [0.2, 0.25) is 0 Å². The van der Waals surface area contributed by atoms with Gasteiger partial charge in [0.05, 0.1) is 12.7 Å². The predicted octanol–water partition coefficient (Wildman–Crippen LogP) is 0.843. The molecule has 1 rings (SSSR count). The van der Waals surface area contributed by atoms with Gasteiger partial charge in [0.15, 0.2) is 0 Å². The molecule has 1 aliphatic heterocycles. The highest BCUT2D eigenvalue weighted by Crippen LogP contribution is 2.12. The van der Waals surface area contributed by atoms with Crippen LogP contribution in [0, 0.1) is 0 Å². The van der Waals surface area contributed by atoms with E-state index in [1.165, 1.54) is 0 Å². The Labute approximate surface area is 85.5 Å². The van der Waals surface area contributed by atoms with Gasteiger partial charge >= 0.3 is 0 Å². The van der Waals surface area contributed by atoms with Crippen molar-refractivity contribution in [2.24, 2.45) is 0 Å². The van der Waals surface area contributed by atoms with Crippen LogP contribution >= 0.6 is 12.6 Å². The fourth-order valence-corrected chi connectivity index (χ4v) is 0.999. The molecule has 0 radical (unpaired) electrons. The van der Waals surface area contributed by atoms with Crippen LogP contribution < -0.4 is 0 Å². The van der Waals surface area contributed by atoms with Crippen molar-refractivity contribution >= 4 is 12.6 Å². The van der Waals surface area contributed by atoms with Crippen LogP contribution in [0.5, 0.6) is 0 Å². The number of thiol groups is 1. The Morgan fingerprint density at radius 3 is 2.38 bits per heavy atom. The normalized spacial score (nSPS) is 28.2. The summed E-state index contributed by atoms with van der Waals surface area (Å²) in [6.45, 7) is 4.66. The van der Waals surface area contributed by atoms with Gasteiger partial charge in [-0.15, -0.1) is 0 Å². The monoisotopic (exact) mass is 208 g/mol. The minimum atomic E-state index is -0.455. The maximum absolute atomic E-state index is 9.08. The number of hydrogen-bond donors (Lipinski definition) is 3. The van der Waals surface area contributed by atoms with Crippen LogP contribution in [-0.2, 0) is 4.74 Å². The third-order valence-electron chi connectivity index (χ3n) is 1.59. The van der Waals surface area contributed by atoms with Crippen molar-refractivity contribution < 1.29 is 14.9 Å². The quantitative estimate of drug-likeness (QED) is 0.560. The molecule has 0 aromatic carbocycles. The van der Waals surface area contributed by atoms with Crippen molar-refractivity contribution in [1.29, 1.82) is 0 Å². The van der Waals surface area contributed by atoms with Gasteiger partial charge in [0, 0.05) is 6.61 Å². The van der Waals surface area contributed by atoms with Crippen LogP contribution in [0.4, 0.5) is 0 Å². The van der Waals surface area contributed by atoms with Crippen molar-refractivity contribution in [3.8, 4) is 0 Å². The molecule has 80 valence electrons. The molecule has 13 heavy (non-hydrogen) atoms. The molecule has 2 unspecified atom stereocenters. The first-order valence-electron chi connectivity index (χ1n) is 4.66. The third kappa shape index (κ3) is 7.31. The molecule has 0 saturated carbocycles. The molecule has 0 bridgehead atoms. The van der Waals surface area contributed by atoms with Crippen molar-refractivity contribution in [1.82, 2.24) is 0 Å². The number of aliphatic hydroxyl groups excluding tert-OH is 2. The van der Waals surface area contributed by atoms with Crippen molar-refractivity contribution in [2.75, 3.05) is 13.2 Å². The Kier molecular flexibility index (Phi) is 7.75. The SMILES string of the molecule is CC(C)S.OCC1OCCCC1O. The van der Waals surface area contributed by atoms with Gasteiger partial charge in [-0.1, -0.05) is 13.8 Å². The Hall–Kier alpha value is 0.230.